The summed E-state index contributed by atoms with van der Waals surface area (Å²) in [6, 6.07) is 6.24. The van der Waals surface area contributed by atoms with Crippen molar-refractivity contribution < 1.29 is 0 Å². The zero-order chi connectivity index (χ0) is 10.6. The van der Waals surface area contributed by atoms with Crippen molar-refractivity contribution in [3.8, 4) is 11.8 Å². The Bertz CT molecular complexity index is 408. The van der Waals surface area contributed by atoms with Crippen LogP contribution in [0.5, 0.6) is 0 Å². The molecule has 0 saturated heterocycles. The van der Waals surface area contributed by atoms with Gasteiger partial charge in [-0.1, -0.05) is 35.8 Å². The van der Waals surface area contributed by atoms with Crippen LogP contribution < -0.4 is 0 Å². The molecule has 0 fully saturated rings. The van der Waals surface area contributed by atoms with E-state index in [0.717, 1.165) is 9.76 Å². The van der Waals surface area contributed by atoms with Crippen LogP contribution in [-0.4, -0.2) is 10.5 Å². The normalized spacial score (nSPS) is 9.07. The molecule has 0 N–H and O–H groups in total. The van der Waals surface area contributed by atoms with Crippen molar-refractivity contribution in [2.45, 2.75) is 13.8 Å². The molecule has 72 valence electrons. The van der Waals surface area contributed by atoms with Crippen LogP contribution in [0.3, 0.4) is 0 Å². The topological polar surface area (TPSA) is 0 Å². The number of rotatable bonds is 0. The maximum absolute atomic E-state index is 5.01. The maximum Gasteiger partial charge on any atom is 0.121 e. The van der Waals surface area contributed by atoms with E-state index >= 15 is 0 Å². The van der Waals surface area contributed by atoms with Crippen LogP contribution in [0.2, 0.25) is 0 Å². The fraction of sp³-hybridized carbons (Fsp3) is 0.250. The molecule has 0 nitrogen and oxygen atoms in total. The van der Waals surface area contributed by atoms with Crippen LogP contribution >= 0.6 is 24.0 Å². The highest BCUT2D eigenvalue weighted by atomic mass is 32.2. The van der Waals surface area contributed by atoms with Gasteiger partial charge in [-0.05, 0) is 37.7 Å². The van der Waals surface area contributed by atoms with Crippen molar-refractivity contribution in [3.63, 3.8) is 0 Å². The van der Waals surface area contributed by atoms with Gasteiger partial charge in [0.15, 0.2) is 0 Å². The lowest BCUT2D eigenvalue weighted by molar-refractivity contribution is 1.36. The molecule has 0 saturated carbocycles. The largest absolute Gasteiger partial charge is 0.121 e. The molecular formula is C12H12S2. The number of thioether (sulfide) groups is 1. The smallest absolute Gasteiger partial charge is 0.109 e. The predicted octanol–water partition coefficient (Wildman–Crippen LogP) is 3.35. The highest BCUT2D eigenvalue weighted by Crippen LogP contribution is 2.09. The molecule has 0 bridgehead atoms. The zero-order valence-corrected chi connectivity index (χ0v) is 10.2. The molecule has 1 rings (SSSR count). The van der Waals surface area contributed by atoms with Gasteiger partial charge < -0.3 is 0 Å². The van der Waals surface area contributed by atoms with E-state index in [0.29, 0.717) is 0 Å². The van der Waals surface area contributed by atoms with Gasteiger partial charge in [-0.25, -0.2) is 0 Å². The van der Waals surface area contributed by atoms with Gasteiger partial charge in [0.1, 0.15) is 4.20 Å². The lowest BCUT2D eigenvalue weighted by Crippen LogP contribution is -1.85. The highest BCUT2D eigenvalue weighted by Gasteiger charge is 1.94. The number of aryl methyl sites for hydroxylation is 2. The Kier molecular flexibility index (Phi) is 4.19. The summed E-state index contributed by atoms with van der Waals surface area (Å²) in [7, 11) is 0. The van der Waals surface area contributed by atoms with E-state index in [1.807, 2.05) is 12.3 Å². The summed E-state index contributed by atoms with van der Waals surface area (Å²) in [4.78, 5) is 0. The van der Waals surface area contributed by atoms with Crippen molar-refractivity contribution in [1.82, 2.24) is 0 Å². The molecule has 0 atom stereocenters. The van der Waals surface area contributed by atoms with Crippen LogP contribution in [0.25, 0.3) is 0 Å². The van der Waals surface area contributed by atoms with Gasteiger partial charge >= 0.3 is 0 Å². The van der Waals surface area contributed by atoms with Gasteiger partial charge in [0.25, 0.3) is 0 Å². The van der Waals surface area contributed by atoms with E-state index < -0.39 is 0 Å². The molecule has 0 spiro atoms. The SMILES string of the molecule is CSC(=S)C#Cc1ccc(C)cc1C. The third kappa shape index (κ3) is 3.17. The van der Waals surface area contributed by atoms with E-state index in [1.54, 1.807) is 0 Å². The second-order valence-corrected chi connectivity index (χ2v) is 4.54. The molecule has 0 aliphatic heterocycles. The molecule has 0 amide bonds. The van der Waals surface area contributed by atoms with Crippen molar-refractivity contribution >= 4 is 28.2 Å². The summed E-state index contributed by atoms with van der Waals surface area (Å²) in [6.45, 7) is 4.15. The van der Waals surface area contributed by atoms with Crippen molar-refractivity contribution in [2.75, 3.05) is 6.26 Å². The van der Waals surface area contributed by atoms with Gasteiger partial charge in [-0.2, -0.15) is 0 Å². The Morgan fingerprint density at radius 3 is 2.64 bits per heavy atom. The van der Waals surface area contributed by atoms with Gasteiger partial charge in [-0.15, -0.1) is 11.8 Å². The van der Waals surface area contributed by atoms with E-state index in [1.165, 1.54) is 22.9 Å². The van der Waals surface area contributed by atoms with Gasteiger partial charge in [0.05, 0.1) is 0 Å². The van der Waals surface area contributed by atoms with Crippen LogP contribution in [-0.2, 0) is 0 Å². The third-order valence-corrected chi connectivity index (χ3v) is 2.94. The number of hydrogen-bond donors (Lipinski definition) is 0. The first-order valence-corrected chi connectivity index (χ1v) is 5.94. The van der Waals surface area contributed by atoms with Gasteiger partial charge in [-0.3, -0.25) is 0 Å². The van der Waals surface area contributed by atoms with Crippen molar-refractivity contribution in [1.29, 1.82) is 0 Å². The minimum atomic E-state index is 0.741. The predicted molar refractivity (Wildman–Crippen MR) is 68.9 cm³/mol. The van der Waals surface area contributed by atoms with Crippen LogP contribution in [0.1, 0.15) is 16.7 Å². The monoisotopic (exact) mass is 220 g/mol. The standard InChI is InChI=1S/C12H12S2/c1-9-4-5-11(10(2)8-9)6-7-12(13)14-3/h4-5,8H,1-3H3. The molecule has 1 aromatic rings. The molecule has 0 aliphatic rings. The zero-order valence-electron chi connectivity index (χ0n) is 8.55. The summed E-state index contributed by atoms with van der Waals surface area (Å²) >= 11 is 6.52. The fourth-order valence-corrected chi connectivity index (χ4v) is 1.33. The summed E-state index contributed by atoms with van der Waals surface area (Å²) in [5.41, 5.74) is 3.54. The molecule has 14 heavy (non-hydrogen) atoms. The third-order valence-electron chi connectivity index (χ3n) is 1.87. The van der Waals surface area contributed by atoms with E-state index in [9.17, 15) is 0 Å². The summed E-state index contributed by atoms with van der Waals surface area (Å²) in [5, 5.41) is 0. The van der Waals surface area contributed by atoms with E-state index in [-0.39, 0.29) is 0 Å². The quantitative estimate of drug-likeness (QED) is 0.486. The first-order valence-electron chi connectivity index (χ1n) is 4.30. The number of hydrogen-bond acceptors (Lipinski definition) is 2. The molecule has 0 radical (unpaired) electrons. The minimum Gasteiger partial charge on any atom is -0.109 e. The summed E-state index contributed by atoms with van der Waals surface area (Å²) in [5.74, 6) is 6.03. The molecule has 0 aliphatic carbocycles. The van der Waals surface area contributed by atoms with Crippen molar-refractivity contribution in [2.24, 2.45) is 0 Å². The second kappa shape index (κ2) is 5.19. The summed E-state index contributed by atoms with van der Waals surface area (Å²) < 4.78 is 0.741. The minimum absolute atomic E-state index is 0.741. The Balaban J connectivity index is 2.96. The summed E-state index contributed by atoms with van der Waals surface area (Å²) in [6.07, 6.45) is 1.94. The Labute approximate surface area is 95.1 Å². The fourth-order valence-electron chi connectivity index (χ4n) is 1.12. The van der Waals surface area contributed by atoms with Crippen molar-refractivity contribution in [3.05, 3.63) is 34.9 Å². The molecule has 2 heteroatoms. The average molecular weight is 220 g/mol. The van der Waals surface area contributed by atoms with E-state index in [4.69, 9.17) is 12.2 Å². The molecule has 0 aromatic heterocycles. The Morgan fingerprint density at radius 2 is 2.07 bits per heavy atom. The number of thiocarbonyl (C=S) groups is 1. The first kappa shape index (κ1) is 11.3. The van der Waals surface area contributed by atoms with Crippen LogP contribution in [0.15, 0.2) is 18.2 Å². The molecule has 0 heterocycles. The lowest BCUT2D eigenvalue weighted by Gasteiger charge is -1.98. The molecule has 0 unspecified atom stereocenters. The van der Waals surface area contributed by atoms with Crippen LogP contribution in [0.4, 0.5) is 0 Å². The van der Waals surface area contributed by atoms with Gasteiger partial charge in [0.2, 0.25) is 0 Å². The Morgan fingerprint density at radius 1 is 1.36 bits per heavy atom. The lowest BCUT2D eigenvalue weighted by atomic mass is 10.1. The van der Waals surface area contributed by atoms with Gasteiger partial charge in [0, 0.05) is 5.56 Å². The molecule has 1 aromatic carbocycles. The Hall–Kier alpha value is -0.780. The number of benzene rings is 1. The van der Waals surface area contributed by atoms with E-state index in [2.05, 4.69) is 37.8 Å². The molecular weight excluding hydrogens is 208 g/mol. The second-order valence-electron chi connectivity index (χ2n) is 3.06. The first-order chi connectivity index (χ1) is 6.63. The maximum atomic E-state index is 5.01. The average Bonchev–Trinajstić information content (AvgIpc) is 2.16. The highest BCUT2D eigenvalue weighted by molar-refractivity contribution is 8.23. The van der Waals surface area contributed by atoms with Crippen LogP contribution in [0, 0.1) is 25.7 Å².